The molecule has 1 unspecified atom stereocenters. The van der Waals surface area contributed by atoms with Gasteiger partial charge in [-0.05, 0) is 61.9 Å². The third-order valence-corrected chi connectivity index (χ3v) is 3.62. The number of nitrogens with one attached hydrogen (secondary N) is 1. The van der Waals surface area contributed by atoms with Gasteiger partial charge >= 0.3 is 0 Å². The standard InChI is InChI=1S/C14H19NO/c1-2-16-12-6-5-10-7-8-15-14(11-3-4-11)13(10)9-12/h5-6,9,11,14-15H,2-4,7-8H2,1H3. The molecular weight excluding hydrogens is 198 g/mol. The predicted octanol–water partition coefficient (Wildman–Crippen LogP) is 2.68. The average Bonchev–Trinajstić information content (AvgIpc) is 3.13. The van der Waals surface area contributed by atoms with E-state index in [1.165, 1.54) is 24.0 Å². The third kappa shape index (κ3) is 1.82. The highest BCUT2D eigenvalue weighted by molar-refractivity contribution is 5.40. The molecule has 0 radical (unpaired) electrons. The van der Waals surface area contributed by atoms with Crippen LogP contribution in [-0.4, -0.2) is 13.2 Å². The van der Waals surface area contributed by atoms with E-state index in [0.29, 0.717) is 6.04 Å². The Bertz CT molecular complexity index is 384. The summed E-state index contributed by atoms with van der Waals surface area (Å²) in [5, 5.41) is 3.65. The number of benzene rings is 1. The van der Waals surface area contributed by atoms with E-state index in [2.05, 4.69) is 23.5 Å². The van der Waals surface area contributed by atoms with Gasteiger partial charge in [0.2, 0.25) is 0 Å². The summed E-state index contributed by atoms with van der Waals surface area (Å²) < 4.78 is 5.59. The fourth-order valence-electron chi connectivity index (χ4n) is 2.67. The lowest BCUT2D eigenvalue weighted by molar-refractivity contribution is 0.338. The van der Waals surface area contributed by atoms with E-state index in [-0.39, 0.29) is 0 Å². The van der Waals surface area contributed by atoms with Crippen LogP contribution in [0.5, 0.6) is 5.75 Å². The molecule has 0 bridgehead atoms. The third-order valence-electron chi connectivity index (χ3n) is 3.62. The second-order valence-corrected chi connectivity index (χ2v) is 4.81. The summed E-state index contributed by atoms with van der Waals surface area (Å²) in [5.74, 6) is 1.89. The molecule has 1 aliphatic heterocycles. The van der Waals surface area contributed by atoms with Gasteiger partial charge in [0.25, 0.3) is 0 Å². The summed E-state index contributed by atoms with van der Waals surface area (Å²) in [5.41, 5.74) is 3.00. The molecule has 1 N–H and O–H groups in total. The molecule has 0 spiro atoms. The summed E-state index contributed by atoms with van der Waals surface area (Å²) in [7, 11) is 0. The first kappa shape index (κ1) is 10.2. The van der Waals surface area contributed by atoms with Crippen molar-refractivity contribution in [3.63, 3.8) is 0 Å². The molecule has 1 aliphatic carbocycles. The average molecular weight is 217 g/mol. The molecule has 2 heteroatoms. The van der Waals surface area contributed by atoms with Crippen LogP contribution in [0.2, 0.25) is 0 Å². The maximum absolute atomic E-state index is 5.59. The number of fused-ring (bicyclic) bond motifs is 1. The summed E-state index contributed by atoms with van der Waals surface area (Å²) in [6.45, 7) is 3.92. The minimum atomic E-state index is 0.587. The largest absolute Gasteiger partial charge is 0.494 e. The SMILES string of the molecule is CCOc1ccc2c(c1)C(C1CC1)NCC2. The first-order valence-corrected chi connectivity index (χ1v) is 6.37. The van der Waals surface area contributed by atoms with E-state index >= 15 is 0 Å². The van der Waals surface area contributed by atoms with E-state index in [1.54, 1.807) is 0 Å². The van der Waals surface area contributed by atoms with Crippen molar-refractivity contribution in [2.45, 2.75) is 32.2 Å². The number of hydrogen-bond donors (Lipinski definition) is 1. The van der Waals surface area contributed by atoms with E-state index < -0.39 is 0 Å². The van der Waals surface area contributed by atoms with Crippen LogP contribution in [-0.2, 0) is 6.42 Å². The predicted molar refractivity (Wildman–Crippen MR) is 64.8 cm³/mol. The van der Waals surface area contributed by atoms with Crippen LogP contribution in [0.1, 0.15) is 36.9 Å². The molecule has 0 saturated heterocycles. The molecule has 1 aromatic carbocycles. The van der Waals surface area contributed by atoms with Gasteiger partial charge < -0.3 is 10.1 Å². The van der Waals surface area contributed by atoms with Crippen molar-refractivity contribution in [1.82, 2.24) is 5.32 Å². The van der Waals surface area contributed by atoms with Crippen molar-refractivity contribution in [3.05, 3.63) is 29.3 Å². The Labute approximate surface area is 97.0 Å². The van der Waals surface area contributed by atoms with Crippen LogP contribution in [0.25, 0.3) is 0 Å². The van der Waals surface area contributed by atoms with Crippen LogP contribution in [0.4, 0.5) is 0 Å². The lowest BCUT2D eigenvalue weighted by Crippen LogP contribution is -2.31. The van der Waals surface area contributed by atoms with Crippen LogP contribution in [0.15, 0.2) is 18.2 Å². The summed E-state index contributed by atoms with van der Waals surface area (Å²) in [4.78, 5) is 0. The molecule has 2 aliphatic rings. The van der Waals surface area contributed by atoms with Gasteiger partial charge in [0.05, 0.1) is 6.61 Å². The van der Waals surface area contributed by atoms with E-state index in [4.69, 9.17) is 4.74 Å². The Morgan fingerprint density at radius 1 is 1.38 bits per heavy atom. The highest BCUT2D eigenvalue weighted by atomic mass is 16.5. The normalized spacial score (nSPS) is 23.9. The number of hydrogen-bond acceptors (Lipinski definition) is 2. The highest BCUT2D eigenvalue weighted by Gasteiger charge is 2.34. The second kappa shape index (κ2) is 4.10. The van der Waals surface area contributed by atoms with Gasteiger partial charge in [-0.1, -0.05) is 6.07 Å². The smallest absolute Gasteiger partial charge is 0.119 e. The molecule has 0 amide bonds. The molecule has 2 nitrogen and oxygen atoms in total. The van der Waals surface area contributed by atoms with Crippen LogP contribution < -0.4 is 10.1 Å². The minimum absolute atomic E-state index is 0.587. The van der Waals surface area contributed by atoms with Crippen molar-refractivity contribution in [3.8, 4) is 5.75 Å². The molecule has 1 aromatic rings. The Balaban J connectivity index is 1.92. The lowest BCUT2D eigenvalue weighted by Gasteiger charge is -2.27. The van der Waals surface area contributed by atoms with Crippen LogP contribution in [0, 0.1) is 5.92 Å². The van der Waals surface area contributed by atoms with Crippen LogP contribution >= 0.6 is 0 Å². The summed E-state index contributed by atoms with van der Waals surface area (Å²) >= 11 is 0. The van der Waals surface area contributed by atoms with E-state index in [0.717, 1.165) is 31.2 Å². The monoisotopic (exact) mass is 217 g/mol. The van der Waals surface area contributed by atoms with Gasteiger partial charge in [0.1, 0.15) is 5.75 Å². The van der Waals surface area contributed by atoms with E-state index in [1.807, 2.05) is 6.92 Å². The fraction of sp³-hybridized carbons (Fsp3) is 0.571. The molecule has 1 fully saturated rings. The van der Waals surface area contributed by atoms with Gasteiger partial charge in [-0.3, -0.25) is 0 Å². The molecule has 1 saturated carbocycles. The van der Waals surface area contributed by atoms with Crippen molar-refractivity contribution in [2.24, 2.45) is 5.92 Å². The van der Waals surface area contributed by atoms with Crippen molar-refractivity contribution in [1.29, 1.82) is 0 Å². The number of rotatable bonds is 3. The Morgan fingerprint density at radius 2 is 2.25 bits per heavy atom. The summed E-state index contributed by atoms with van der Waals surface area (Å²) in [6, 6.07) is 7.19. The maximum atomic E-state index is 5.59. The quantitative estimate of drug-likeness (QED) is 0.840. The lowest BCUT2D eigenvalue weighted by atomic mass is 9.91. The Hall–Kier alpha value is -1.02. The molecule has 86 valence electrons. The second-order valence-electron chi connectivity index (χ2n) is 4.81. The zero-order valence-electron chi connectivity index (χ0n) is 9.83. The van der Waals surface area contributed by atoms with Gasteiger partial charge in [0.15, 0.2) is 0 Å². The molecule has 0 aromatic heterocycles. The van der Waals surface area contributed by atoms with Crippen LogP contribution in [0.3, 0.4) is 0 Å². The van der Waals surface area contributed by atoms with Gasteiger partial charge in [-0.15, -0.1) is 0 Å². The van der Waals surface area contributed by atoms with Gasteiger partial charge in [-0.2, -0.15) is 0 Å². The Morgan fingerprint density at radius 3 is 3.00 bits per heavy atom. The molecular formula is C14H19NO. The zero-order valence-corrected chi connectivity index (χ0v) is 9.83. The van der Waals surface area contributed by atoms with Gasteiger partial charge in [0, 0.05) is 6.04 Å². The van der Waals surface area contributed by atoms with Crippen molar-refractivity contribution >= 4 is 0 Å². The van der Waals surface area contributed by atoms with E-state index in [9.17, 15) is 0 Å². The number of ether oxygens (including phenoxy) is 1. The van der Waals surface area contributed by atoms with Gasteiger partial charge in [-0.25, -0.2) is 0 Å². The first-order valence-electron chi connectivity index (χ1n) is 6.37. The first-order chi connectivity index (χ1) is 7.88. The molecule has 1 heterocycles. The zero-order chi connectivity index (χ0) is 11.0. The summed E-state index contributed by atoms with van der Waals surface area (Å²) in [6.07, 6.45) is 3.93. The topological polar surface area (TPSA) is 21.3 Å². The highest BCUT2D eigenvalue weighted by Crippen LogP contribution is 2.43. The maximum Gasteiger partial charge on any atom is 0.119 e. The van der Waals surface area contributed by atoms with Crippen molar-refractivity contribution < 1.29 is 4.74 Å². The minimum Gasteiger partial charge on any atom is -0.494 e. The Kier molecular flexibility index (Phi) is 2.60. The molecule has 1 atom stereocenters. The van der Waals surface area contributed by atoms with Crippen molar-refractivity contribution in [2.75, 3.05) is 13.2 Å². The molecule has 3 rings (SSSR count). The molecule has 16 heavy (non-hydrogen) atoms. The fourth-order valence-corrected chi connectivity index (χ4v) is 2.67.